The van der Waals surface area contributed by atoms with E-state index in [1.807, 2.05) is 39.0 Å². The molecule has 0 aromatic heterocycles. The van der Waals surface area contributed by atoms with Crippen molar-refractivity contribution in [2.75, 3.05) is 0 Å². The van der Waals surface area contributed by atoms with Crippen LogP contribution in [0.5, 0.6) is 0 Å². The number of carboxylic acids is 1. The molecule has 0 fully saturated rings. The van der Waals surface area contributed by atoms with E-state index in [0.717, 1.165) is 16.7 Å². The smallest absolute Gasteiger partial charge is 0.315 e. The first-order chi connectivity index (χ1) is 8.32. The molecule has 0 saturated heterocycles. The van der Waals surface area contributed by atoms with Gasteiger partial charge in [0.05, 0.1) is 6.04 Å². The van der Waals surface area contributed by atoms with Crippen molar-refractivity contribution in [2.45, 2.75) is 33.7 Å². The van der Waals surface area contributed by atoms with Gasteiger partial charge in [-0.05, 0) is 38.8 Å². The zero-order valence-electron chi connectivity index (χ0n) is 11.2. The van der Waals surface area contributed by atoms with Gasteiger partial charge in [0, 0.05) is 0 Å². The molecule has 0 aliphatic heterocycles. The maximum atomic E-state index is 11.7. The number of nitrogens with one attached hydrogen (secondary N) is 1. The summed E-state index contributed by atoms with van der Waals surface area (Å²) in [6, 6.07) is 5.81. The largest absolute Gasteiger partial charge is 0.481 e. The van der Waals surface area contributed by atoms with E-state index in [0.29, 0.717) is 0 Å². The summed E-state index contributed by atoms with van der Waals surface area (Å²) in [5.41, 5.74) is 3.21. The molecule has 0 heterocycles. The summed E-state index contributed by atoms with van der Waals surface area (Å²) in [6.07, 6.45) is 0. The van der Waals surface area contributed by atoms with E-state index in [1.54, 1.807) is 0 Å². The van der Waals surface area contributed by atoms with E-state index >= 15 is 0 Å². The predicted molar refractivity (Wildman–Crippen MR) is 69.3 cm³/mol. The molecule has 18 heavy (non-hydrogen) atoms. The number of hydrogen-bond acceptors (Lipinski definition) is 2. The number of aryl methyl sites for hydroxylation is 2. The Bertz CT molecular complexity index is 468. The lowest BCUT2D eigenvalue weighted by atomic mass is 9.99. The summed E-state index contributed by atoms with van der Waals surface area (Å²) < 4.78 is 0. The van der Waals surface area contributed by atoms with Crippen molar-refractivity contribution in [3.8, 4) is 0 Å². The molecule has 0 aliphatic rings. The van der Waals surface area contributed by atoms with E-state index in [4.69, 9.17) is 5.11 Å². The number of benzene rings is 1. The number of hydrogen-bond donors (Lipinski definition) is 2. The van der Waals surface area contributed by atoms with Crippen molar-refractivity contribution in [3.05, 3.63) is 34.9 Å². The second-order valence-electron chi connectivity index (χ2n) is 4.65. The van der Waals surface area contributed by atoms with Crippen molar-refractivity contribution in [1.29, 1.82) is 0 Å². The molecule has 1 aromatic rings. The Morgan fingerprint density at radius 2 is 1.83 bits per heavy atom. The maximum Gasteiger partial charge on any atom is 0.315 e. The van der Waals surface area contributed by atoms with Crippen LogP contribution in [0.3, 0.4) is 0 Å². The van der Waals surface area contributed by atoms with E-state index < -0.39 is 17.8 Å². The Kier molecular flexibility index (Phi) is 4.48. The van der Waals surface area contributed by atoms with Gasteiger partial charge in [0.15, 0.2) is 0 Å². The minimum atomic E-state index is -1.11. The quantitative estimate of drug-likeness (QED) is 0.804. The molecule has 0 radical (unpaired) electrons. The van der Waals surface area contributed by atoms with Crippen LogP contribution in [0.15, 0.2) is 18.2 Å². The summed E-state index contributed by atoms with van der Waals surface area (Å²) in [4.78, 5) is 22.4. The topological polar surface area (TPSA) is 66.4 Å². The molecule has 4 heteroatoms. The fourth-order valence-electron chi connectivity index (χ4n) is 1.75. The Labute approximate surface area is 107 Å². The highest BCUT2D eigenvalue weighted by molar-refractivity contribution is 5.96. The number of carboxylic acid groups (broad SMARTS) is 1. The van der Waals surface area contributed by atoms with Crippen molar-refractivity contribution in [1.82, 2.24) is 5.32 Å². The highest BCUT2D eigenvalue weighted by Gasteiger charge is 2.22. The third kappa shape index (κ3) is 3.32. The Balaban J connectivity index is 2.82. The lowest BCUT2D eigenvalue weighted by Crippen LogP contribution is -2.35. The van der Waals surface area contributed by atoms with Crippen molar-refractivity contribution in [3.63, 3.8) is 0 Å². The SMILES string of the molecule is Cc1ccc(C)c(C(C)NC(=O)C(C)C(=O)O)c1. The van der Waals surface area contributed by atoms with Crippen LogP contribution >= 0.6 is 0 Å². The van der Waals surface area contributed by atoms with E-state index in [1.165, 1.54) is 6.92 Å². The molecule has 98 valence electrons. The molecule has 0 aliphatic carbocycles. The van der Waals surface area contributed by atoms with Gasteiger partial charge in [0.2, 0.25) is 5.91 Å². The van der Waals surface area contributed by atoms with Gasteiger partial charge in [-0.1, -0.05) is 23.8 Å². The second kappa shape index (κ2) is 5.67. The summed E-state index contributed by atoms with van der Waals surface area (Å²) in [6.45, 7) is 7.19. The van der Waals surface area contributed by atoms with Gasteiger partial charge in [-0.2, -0.15) is 0 Å². The molecule has 1 amide bonds. The van der Waals surface area contributed by atoms with Gasteiger partial charge in [-0.3, -0.25) is 9.59 Å². The van der Waals surface area contributed by atoms with Crippen molar-refractivity contribution >= 4 is 11.9 Å². The minimum Gasteiger partial charge on any atom is -0.481 e. The van der Waals surface area contributed by atoms with Crippen molar-refractivity contribution < 1.29 is 14.7 Å². The van der Waals surface area contributed by atoms with Crippen LogP contribution in [0.2, 0.25) is 0 Å². The fourth-order valence-corrected chi connectivity index (χ4v) is 1.75. The highest BCUT2D eigenvalue weighted by Crippen LogP contribution is 2.19. The molecular weight excluding hydrogens is 230 g/mol. The molecule has 1 rings (SSSR count). The van der Waals surface area contributed by atoms with Crippen LogP contribution in [0.4, 0.5) is 0 Å². The Hall–Kier alpha value is -1.84. The molecule has 2 N–H and O–H groups in total. The second-order valence-corrected chi connectivity index (χ2v) is 4.65. The molecule has 2 unspecified atom stereocenters. The molecular formula is C14H19NO3. The first-order valence-electron chi connectivity index (χ1n) is 5.93. The predicted octanol–water partition coefficient (Wildman–Crippen LogP) is 2.20. The monoisotopic (exact) mass is 249 g/mol. The first kappa shape index (κ1) is 14.2. The first-order valence-corrected chi connectivity index (χ1v) is 5.93. The highest BCUT2D eigenvalue weighted by atomic mass is 16.4. The summed E-state index contributed by atoms with van der Waals surface area (Å²) >= 11 is 0. The molecule has 4 nitrogen and oxygen atoms in total. The third-order valence-corrected chi connectivity index (χ3v) is 3.02. The number of amides is 1. The Morgan fingerprint density at radius 1 is 1.22 bits per heavy atom. The standard InChI is InChI=1S/C14H19NO3/c1-8-5-6-9(2)12(7-8)11(4)15-13(16)10(3)14(17)18/h5-7,10-11H,1-4H3,(H,15,16)(H,17,18). The van der Waals surface area contributed by atoms with Crippen molar-refractivity contribution in [2.24, 2.45) is 5.92 Å². The van der Waals surface area contributed by atoms with E-state index in [2.05, 4.69) is 5.32 Å². The van der Waals surface area contributed by atoms with Crippen LogP contribution in [-0.2, 0) is 9.59 Å². The molecule has 2 atom stereocenters. The number of rotatable bonds is 4. The zero-order chi connectivity index (χ0) is 13.9. The van der Waals surface area contributed by atoms with Gasteiger partial charge >= 0.3 is 5.97 Å². The van der Waals surface area contributed by atoms with Crippen LogP contribution < -0.4 is 5.32 Å². The van der Waals surface area contributed by atoms with Crippen LogP contribution in [0.1, 0.15) is 36.6 Å². The molecule has 0 spiro atoms. The molecule has 0 saturated carbocycles. The Morgan fingerprint density at radius 3 is 2.39 bits per heavy atom. The average Bonchev–Trinajstić information content (AvgIpc) is 2.30. The van der Waals surface area contributed by atoms with Gasteiger partial charge in [-0.15, -0.1) is 0 Å². The zero-order valence-corrected chi connectivity index (χ0v) is 11.2. The molecule has 0 bridgehead atoms. The van der Waals surface area contributed by atoms with Gasteiger partial charge < -0.3 is 10.4 Å². The number of carbonyl (C=O) groups is 2. The number of carbonyl (C=O) groups excluding carboxylic acids is 1. The third-order valence-electron chi connectivity index (χ3n) is 3.02. The van der Waals surface area contributed by atoms with Gasteiger partial charge in [-0.25, -0.2) is 0 Å². The summed E-state index contributed by atoms with van der Waals surface area (Å²) in [5, 5.41) is 11.5. The fraction of sp³-hybridized carbons (Fsp3) is 0.429. The van der Waals surface area contributed by atoms with Crippen LogP contribution in [0, 0.1) is 19.8 Å². The average molecular weight is 249 g/mol. The summed E-state index contributed by atoms with van der Waals surface area (Å²) in [7, 11) is 0. The normalized spacial score (nSPS) is 13.8. The van der Waals surface area contributed by atoms with Crippen LogP contribution in [0.25, 0.3) is 0 Å². The lowest BCUT2D eigenvalue weighted by Gasteiger charge is -2.18. The van der Waals surface area contributed by atoms with Gasteiger partial charge in [0.1, 0.15) is 5.92 Å². The van der Waals surface area contributed by atoms with Gasteiger partial charge in [0.25, 0.3) is 0 Å². The lowest BCUT2D eigenvalue weighted by molar-refractivity contribution is -0.146. The van der Waals surface area contributed by atoms with Crippen LogP contribution in [-0.4, -0.2) is 17.0 Å². The minimum absolute atomic E-state index is 0.195. The maximum absolute atomic E-state index is 11.7. The summed E-state index contributed by atoms with van der Waals surface area (Å²) in [5.74, 6) is -2.60. The van der Waals surface area contributed by atoms with E-state index in [-0.39, 0.29) is 6.04 Å². The molecule has 1 aromatic carbocycles. The number of aliphatic carboxylic acids is 1. The van der Waals surface area contributed by atoms with E-state index in [9.17, 15) is 9.59 Å².